The Balaban J connectivity index is 0.00000320. The van der Waals surface area contributed by atoms with E-state index in [-0.39, 0.29) is 24.0 Å². The van der Waals surface area contributed by atoms with E-state index in [1.54, 1.807) is 7.05 Å². The van der Waals surface area contributed by atoms with E-state index in [0.717, 1.165) is 88.0 Å². The van der Waals surface area contributed by atoms with Crippen molar-refractivity contribution >= 4 is 46.7 Å². The summed E-state index contributed by atoms with van der Waals surface area (Å²) in [4.78, 5) is 8.88. The highest BCUT2D eigenvalue weighted by Gasteiger charge is 2.13. The molecule has 0 spiro atoms. The van der Waals surface area contributed by atoms with Crippen molar-refractivity contribution in [1.82, 2.24) is 15.6 Å². The number of aromatic nitrogens is 1. The lowest BCUT2D eigenvalue weighted by molar-refractivity contribution is 0.0203. The number of rotatable bonds is 10. The first kappa shape index (κ1) is 24.6. The molecule has 2 heterocycles. The number of guanidine groups is 1. The maximum atomic E-state index is 5.79. The highest BCUT2D eigenvalue weighted by molar-refractivity contribution is 14.0. The van der Waals surface area contributed by atoms with Gasteiger partial charge in [-0.3, -0.25) is 4.99 Å². The zero-order valence-corrected chi connectivity index (χ0v) is 20.1. The van der Waals surface area contributed by atoms with E-state index >= 15 is 0 Å². The molecule has 166 valence electrons. The van der Waals surface area contributed by atoms with E-state index < -0.39 is 0 Å². The molecule has 0 radical (unpaired) electrons. The summed E-state index contributed by atoms with van der Waals surface area (Å²) in [5.74, 6) is 2.36. The number of anilines is 1. The summed E-state index contributed by atoms with van der Waals surface area (Å²) in [5.41, 5.74) is 1.00. The largest absolute Gasteiger partial charge is 0.381 e. The molecular weight excluding hydrogens is 493 g/mol. The van der Waals surface area contributed by atoms with E-state index in [1.807, 2.05) is 24.3 Å². The van der Waals surface area contributed by atoms with Crippen LogP contribution in [-0.2, 0) is 9.47 Å². The van der Waals surface area contributed by atoms with Crippen molar-refractivity contribution in [3.63, 3.8) is 0 Å². The molecule has 0 aliphatic carbocycles. The molecular formula is C22H34IN5O2. The van der Waals surface area contributed by atoms with Crippen molar-refractivity contribution in [1.29, 1.82) is 0 Å². The monoisotopic (exact) mass is 527 g/mol. The highest BCUT2D eigenvalue weighted by atomic mass is 127. The third-order valence-electron chi connectivity index (χ3n) is 5.00. The summed E-state index contributed by atoms with van der Waals surface area (Å²) in [6.07, 6.45) is 3.21. The maximum absolute atomic E-state index is 5.79. The Morgan fingerprint density at radius 3 is 2.73 bits per heavy atom. The fourth-order valence-corrected chi connectivity index (χ4v) is 3.30. The van der Waals surface area contributed by atoms with Gasteiger partial charge >= 0.3 is 0 Å². The molecule has 0 bridgehead atoms. The van der Waals surface area contributed by atoms with Crippen LogP contribution in [0.5, 0.6) is 0 Å². The van der Waals surface area contributed by atoms with Crippen LogP contribution >= 0.6 is 24.0 Å². The molecule has 2 aromatic rings. The number of ether oxygens (including phenoxy) is 2. The van der Waals surface area contributed by atoms with Crippen LogP contribution in [0.4, 0.5) is 5.82 Å². The maximum Gasteiger partial charge on any atom is 0.191 e. The minimum atomic E-state index is 0. The zero-order valence-electron chi connectivity index (χ0n) is 17.7. The van der Waals surface area contributed by atoms with Gasteiger partial charge in [0.2, 0.25) is 0 Å². The first-order valence-corrected chi connectivity index (χ1v) is 10.5. The number of hydrogen-bond donors (Lipinski definition) is 3. The molecule has 8 heteroatoms. The van der Waals surface area contributed by atoms with Crippen LogP contribution in [0.3, 0.4) is 0 Å². The highest BCUT2D eigenvalue weighted by Crippen LogP contribution is 2.15. The van der Waals surface area contributed by atoms with Gasteiger partial charge in [0, 0.05) is 58.5 Å². The standard InChI is InChI=1S/C22H33N5O2.HI/c1-23-22(25-11-4-14-29-17-18-9-15-28-16-10-18)26-13-12-24-21-8-7-19-5-2-3-6-20(19)27-21;/h2-3,5-8,18H,4,9-17H2,1H3,(H,24,27)(H2,23,25,26);1H. The number of nitrogens with zero attached hydrogens (tertiary/aromatic N) is 2. The van der Waals surface area contributed by atoms with Crippen LogP contribution in [0, 0.1) is 5.92 Å². The number of para-hydroxylation sites is 1. The summed E-state index contributed by atoms with van der Waals surface area (Å²) >= 11 is 0. The Morgan fingerprint density at radius 1 is 1.10 bits per heavy atom. The average Bonchev–Trinajstić information content (AvgIpc) is 2.78. The molecule has 1 aliphatic heterocycles. The number of nitrogens with one attached hydrogen (secondary N) is 3. The van der Waals surface area contributed by atoms with Crippen LogP contribution in [0.15, 0.2) is 41.4 Å². The Bertz CT molecular complexity index is 768. The first-order valence-electron chi connectivity index (χ1n) is 10.5. The molecule has 0 amide bonds. The van der Waals surface area contributed by atoms with Gasteiger partial charge in [-0.1, -0.05) is 18.2 Å². The number of pyridine rings is 1. The molecule has 1 aliphatic rings. The van der Waals surface area contributed by atoms with Crippen LogP contribution in [0.2, 0.25) is 0 Å². The third kappa shape index (κ3) is 8.61. The van der Waals surface area contributed by atoms with Crippen LogP contribution < -0.4 is 16.0 Å². The second-order valence-electron chi connectivity index (χ2n) is 7.23. The SMILES string of the molecule is CN=C(NCCCOCC1CCOCC1)NCCNc1ccc2ccccc2n1.I. The Labute approximate surface area is 196 Å². The fourth-order valence-electron chi connectivity index (χ4n) is 3.30. The van der Waals surface area contributed by atoms with Gasteiger partial charge < -0.3 is 25.4 Å². The molecule has 0 unspecified atom stereocenters. The fraction of sp³-hybridized carbons (Fsp3) is 0.545. The van der Waals surface area contributed by atoms with E-state index in [0.29, 0.717) is 5.92 Å². The summed E-state index contributed by atoms with van der Waals surface area (Å²) in [6, 6.07) is 12.2. The Hall–Kier alpha value is -1.65. The Morgan fingerprint density at radius 2 is 1.90 bits per heavy atom. The lowest BCUT2D eigenvalue weighted by atomic mass is 10.0. The van der Waals surface area contributed by atoms with Crippen molar-refractivity contribution in [2.24, 2.45) is 10.9 Å². The molecule has 1 fully saturated rings. The number of benzene rings is 1. The van der Waals surface area contributed by atoms with Crippen LogP contribution in [0.25, 0.3) is 10.9 Å². The number of aliphatic imine (C=N–C) groups is 1. The van der Waals surface area contributed by atoms with Crippen molar-refractivity contribution < 1.29 is 9.47 Å². The van der Waals surface area contributed by atoms with Gasteiger partial charge in [-0.2, -0.15) is 0 Å². The molecule has 0 saturated carbocycles. The first-order chi connectivity index (χ1) is 14.3. The summed E-state index contributed by atoms with van der Waals surface area (Å²) in [5, 5.41) is 11.1. The lowest BCUT2D eigenvalue weighted by Gasteiger charge is -2.21. The molecule has 30 heavy (non-hydrogen) atoms. The molecule has 1 aromatic carbocycles. The van der Waals surface area contributed by atoms with E-state index in [1.165, 1.54) is 0 Å². The summed E-state index contributed by atoms with van der Waals surface area (Å²) < 4.78 is 11.2. The van der Waals surface area contributed by atoms with Gasteiger partial charge in [0.15, 0.2) is 5.96 Å². The molecule has 3 N–H and O–H groups in total. The minimum Gasteiger partial charge on any atom is -0.381 e. The van der Waals surface area contributed by atoms with Gasteiger partial charge in [-0.05, 0) is 43.4 Å². The molecule has 1 saturated heterocycles. The summed E-state index contributed by atoms with van der Waals surface area (Å²) in [7, 11) is 1.79. The van der Waals surface area contributed by atoms with E-state index in [4.69, 9.17) is 9.47 Å². The number of fused-ring (bicyclic) bond motifs is 1. The van der Waals surface area contributed by atoms with Gasteiger partial charge in [0.05, 0.1) is 5.52 Å². The van der Waals surface area contributed by atoms with Crippen molar-refractivity contribution in [3.05, 3.63) is 36.4 Å². The molecule has 1 aromatic heterocycles. The zero-order chi connectivity index (χ0) is 20.2. The third-order valence-corrected chi connectivity index (χ3v) is 5.00. The van der Waals surface area contributed by atoms with Crippen LogP contribution in [-0.4, -0.2) is 64.1 Å². The van der Waals surface area contributed by atoms with Gasteiger partial charge in [0.1, 0.15) is 5.82 Å². The second kappa shape index (κ2) is 14.4. The smallest absolute Gasteiger partial charge is 0.191 e. The van der Waals surface area contributed by atoms with Crippen molar-refractivity contribution in [2.45, 2.75) is 19.3 Å². The summed E-state index contributed by atoms with van der Waals surface area (Å²) in [6.45, 7) is 5.75. The predicted molar refractivity (Wildman–Crippen MR) is 134 cm³/mol. The Kier molecular flexibility index (Phi) is 11.8. The second-order valence-corrected chi connectivity index (χ2v) is 7.23. The quantitative estimate of drug-likeness (QED) is 0.191. The van der Waals surface area contributed by atoms with Gasteiger partial charge in [0.25, 0.3) is 0 Å². The minimum absolute atomic E-state index is 0. The topological polar surface area (TPSA) is 79.8 Å². The average molecular weight is 527 g/mol. The number of halogens is 1. The molecule has 0 atom stereocenters. The normalized spacial score (nSPS) is 14.9. The van der Waals surface area contributed by atoms with E-state index in [2.05, 4.69) is 38.1 Å². The van der Waals surface area contributed by atoms with Gasteiger partial charge in [-0.25, -0.2) is 4.98 Å². The van der Waals surface area contributed by atoms with Crippen molar-refractivity contribution in [2.75, 3.05) is 58.4 Å². The van der Waals surface area contributed by atoms with Crippen molar-refractivity contribution in [3.8, 4) is 0 Å². The molecule has 7 nitrogen and oxygen atoms in total. The van der Waals surface area contributed by atoms with E-state index in [9.17, 15) is 0 Å². The molecule has 3 rings (SSSR count). The number of hydrogen-bond acceptors (Lipinski definition) is 5. The lowest BCUT2D eigenvalue weighted by Crippen LogP contribution is -2.40. The predicted octanol–water partition coefficient (Wildman–Crippen LogP) is 3.26. The van der Waals surface area contributed by atoms with Gasteiger partial charge in [-0.15, -0.1) is 24.0 Å². The van der Waals surface area contributed by atoms with Crippen LogP contribution in [0.1, 0.15) is 19.3 Å².